The zero-order chi connectivity index (χ0) is 21.3. The van der Waals surface area contributed by atoms with E-state index < -0.39 is 12.6 Å². The molecule has 0 radical (unpaired) electrons. The molecule has 0 saturated carbocycles. The van der Waals surface area contributed by atoms with Crippen molar-refractivity contribution < 1.29 is 32.6 Å². The summed E-state index contributed by atoms with van der Waals surface area (Å²) in [4.78, 5) is 17.6. The van der Waals surface area contributed by atoms with Gasteiger partial charge in [0.25, 0.3) is 0 Å². The number of carbonyl (C=O) groups is 1. The number of hydrogen-bond acceptors (Lipinski definition) is 6. The van der Waals surface area contributed by atoms with E-state index in [1.54, 1.807) is 31.2 Å². The first-order valence-corrected chi connectivity index (χ1v) is 9.23. The van der Waals surface area contributed by atoms with Crippen LogP contribution >= 0.6 is 0 Å². The summed E-state index contributed by atoms with van der Waals surface area (Å²) in [6, 6.07) is 9.51. The SMILES string of the molecule is CCOc1cc(N2Cc3ocnc3Cc3cc(C(=O)O)ccc32)ccc1OC(F)F. The van der Waals surface area contributed by atoms with Crippen LogP contribution in [0, 0.1) is 0 Å². The summed E-state index contributed by atoms with van der Waals surface area (Å²) in [5.74, 6) is -0.275. The lowest BCUT2D eigenvalue weighted by atomic mass is 10.0. The second-order valence-corrected chi connectivity index (χ2v) is 6.58. The Labute approximate surface area is 170 Å². The van der Waals surface area contributed by atoms with Crippen LogP contribution < -0.4 is 14.4 Å². The summed E-state index contributed by atoms with van der Waals surface area (Å²) < 4.78 is 41.0. The monoisotopic (exact) mass is 416 g/mol. The van der Waals surface area contributed by atoms with Crippen molar-refractivity contribution in [3.63, 3.8) is 0 Å². The minimum absolute atomic E-state index is 0.0628. The number of aromatic carboxylic acids is 1. The molecule has 1 aromatic heterocycles. The molecule has 2 heterocycles. The topological polar surface area (TPSA) is 85.0 Å². The molecule has 0 unspecified atom stereocenters. The first-order chi connectivity index (χ1) is 14.5. The maximum absolute atomic E-state index is 12.7. The quantitative estimate of drug-likeness (QED) is 0.628. The number of fused-ring (bicyclic) bond motifs is 2. The maximum Gasteiger partial charge on any atom is 0.387 e. The van der Waals surface area contributed by atoms with E-state index in [9.17, 15) is 18.7 Å². The van der Waals surface area contributed by atoms with Gasteiger partial charge in [0.1, 0.15) is 5.76 Å². The standard InChI is InChI=1S/C21H18F2N2O5/c1-2-28-18-9-14(4-6-17(18)30-21(22)23)25-10-19-15(24-11-29-19)8-13-7-12(20(26)27)3-5-16(13)25/h3-7,9,11,21H,2,8,10H2,1H3,(H,26,27). The number of nitrogens with zero attached hydrogens (tertiary/aromatic N) is 2. The highest BCUT2D eigenvalue weighted by Gasteiger charge is 2.25. The number of oxazole rings is 1. The van der Waals surface area contributed by atoms with Crippen LogP contribution in [0.3, 0.4) is 0 Å². The van der Waals surface area contributed by atoms with Crippen molar-refractivity contribution in [3.8, 4) is 11.5 Å². The van der Waals surface area contributed by atoms with E-state index in [4.69, 9.17) is 9.15 Å². The number of alkyl halides is 2. The normalized spacial score (nSPS) is 12.9. The highest BCUT2D eigenvalue weighted by Crippen LogP contribution is 2.40. The van der Waals surface area contributed by atoms with Gasteiger partial charge in [-0.2, -0.15) is 8.78 Å². The minimum atomic E-state index is -2.97. The highest BCUT2D eigenvalue weighted by atomic mass is 19.3. The lowest BCUT2D eigenvalue weighted by Crippen LogP contribution is -2.17. The molecule has 4 rings (SSSR count). The number of ether oxygens (including phenoxy) is 2. The fourth-order valence-corrected chi connectivity index (χ4v) is 3.46. The van der Waals surface area contributed by atoms with E-state index in [0.29, 0.717) is 30.1 Å². The van der Waals surface area contributed by atoms with Gasteiger partial charge in [-0.15, -0.1) is 0 Å². The summed E-state index contributed by atoms with van der Waals surface area (Å²) >= 11 is 0. The number of carboxylic acid groups (broad SMARTS) is 1. The van der Waals surface area contributed by atoms with Crippen molar-refractivity contribution in [1.82, 2.24) is 4.98 Å². The molecule has 0 saturated heterocycles. The molecule has 0 atom stereocenters. The fraction of sp³-hybridized carbons (Fsp3) is 0.238. The van der Waals surface area contributed by atoms with E-state index in [2.05, 4.69) is 9.72 Å². The third-order valence-electron chi connectivity index (χ3n) is 4.76. The Bertz CT molecular complexity index is 1080. The Kier molecular flexibility index (Phi) is 5.26. The van der Waals surface area contributed by atoms with E-state index in [-0.39, 0.29) is 23.7 Å². The third-order valence-corrected chi connectivity index (χ3v) is 4.76. The van der Waals surface area contributed by atoms with Crippen molar-refractivity contribution in [2.45, 2.75) is 26.5 Å². The molecule has 1 aliphatic rings. The number of anilines is 2. The summed E-state index contributed by atoms with van der Waals surface area (Å²) in [6.07, 6.45) is 1.75. The van der Waals surface area contributed by atoms with Crippen molar-refractivity contribution in [1.29, 1.82) is 0 Å². The smallest absolute Gasteiger partial charge is 0.387 e. The molecule has 30 heavy (non-hydrogen) atoms. The van der Waals surface area contributed by atoms with Crippen LogP contribution in [0.4, 0.5) is 20.2 Å². The minimum Gasteiger partial charge on any atom is -0.490 e. The van der Waals surface area contributed by atoms with Gasteiger partial charge < -0.3 is 23.9 Å². The summed E-state index contributed by atoms with van der Waals surface area (Å²) in [7, 11) is 0. The molecular weight excluding hydrogens is 398 g/mol. The summed E-state index contributed by atoms with van der Waals surface area (Å²) in [6.45, 7) is -0.627. The van der Waals surface area contributed by atoms with Crippen LogP contribution in [-0.4, -0.2) is 29.3 Å². The molecule has 0 spiro atoms. The molecule has 0 amide bonds. The predicted molar refractivity (Wildman–Crippen MR) is 103 cm³/mol. The van der Waals surface area contributed by atoms with Crippen LogP contribution in [0.1, 0.15) is 34.3 Å². The molecule has 1 N–H and O–H groups in total. The summed E-state index contributed by atoms with van der Waals surface area (Å²) in [5.41, 5.74) is 3.04. The third kappa shape index (κ3) is 3.78. The van der Waals surface area contributed by atoms with Gasteiger partial charge >= 0.3 is 12.6 Å². The number of hydrogen-bond donors (Lipinski definition) is 1. The number of rotatable bonds is 6. The van der Waals surface area contributed by atoms with Gasteiger partial charge in [0, 0.05) is 23.9 Å². The van der Waals surface area contributed by atoms with Crippen molar-refractivity contribution in [3.05, 3.63) is 65.4 Å². The molecular formula is C21H18F2N2O5. The first-order valence-electron chi connectivity index (χ1n) is 9.23. The molecule has 0 aliphatic carbocycles. The molecule has 9 heteroatoms. The average molecular weight is 416 g/mol. The second kappa shape index (κ2) is 8.02. The zero-order valence-electron chi connectivity index (χ0n) is 16.0. The summed E-state index contributed by atoms with van der Waals surface area (Å²) in [5, 5.41) is 9.35. The van der Waals surface area contributed by atoms with E-state index in [0.717, 1.165) is 11.3 Å². The molecule has 1 aliphatic heterocycles. The van der Waals surface area contributed by atoms with Crippen molar-refractivity contribution >= 4 is 17.3 Å². The van der Waals surface area contributed by atoms with E-state index in [1.807, 2.05) is 4.90 Å². The lowest BCUT2D eigenvalue weighted by molar-refractivity contribution is -0.0514. The Morgan fingerprint density at radius 2 is 2.10 bits per heavy atom. The van der Waals surface area contributed by atoms with Gasteiger partial charge in [-0.1, -0.05) is 0 Å². The number of benzene rings is 2. The fourth-order valence-electron chi connectivity index (χ4n) is 3.46. The Morgan fingerprint density at radius 1 is 1.27 bits per heavy atom. The molecule has 3 aromatic rings. The van der Waals surface area contributed by atoms with Gasteiger partial charge in [-0.25, -0.2) is 9.78 Å². The Balaban J connectivity index is 1.82. The molecule has 156 valence electrons. The molecule has 0 fully saturated rings. The van der Waals surface area contributed by atoms with Crippen LogP contribution in [0.5, 0.6) is 11.5 Å². The first kappa shape index (κ1) is 19.7. The predicted octanol–water partition coefficient (Wildman–Crippen LogP) is 4.62. The Hall–Kier alpha value is -3.62. The molecule has 7 nitrogen and oxygen atoms in total. The van der Waals surface area contributed by atoms with Crippen LogP contribution in [0.25, 0.3) is 0 Å². The van der Waals surface area contributed by atoms with Gasteiger partial charge in [-0.05, 0) is 42.8 Å². The second-order valence-electron chi connectivity index (χ2n) is 6.58. The van der Waals surface area contributed by atoms with Gasteiger partial charge in [-0.3, -0.25) is 0 Å². The van der Waals surface area contributed by atoms with Gasteiger partial charge in [0.2, 0.25) is 0 Å². The van der Waals surface area contributed by atoms with E-state index >= 15 is 0 Å². The number of halogens is 2. The Morgan fingerprint density at radius 3 is 2.83 bits per heavy atom. The number of aromatic nitrogens is 1. The van der Waals surface area contributed by atoms with Crippen LogP contribution in [-0.2, 0) is 13.0 Å². The number of carboxylic acids is 1. The maximum atomic E-state index is 12.7. The lowest BCUT2D eigenvalue weighted by Gasteiger charge is -2.26. The largest absolute Gasteiger partial charge is 0.490 e. The average Bonchev–Trinajstić information content (AvgIpc) is 3.08. The van der Waals surface area contributed by atoms with Gasteiger partial charge in [0.15, 0.2) is 17.9 Å². The van der Waals surface area contributed by atoms with Crippen molar-refractivity contribution in [2.75, 3.05) is 11.5 Å². The molecule has 2 aromatic carbocycles. The van der Waals surface area contributed by atoms with Crippen LogP contribution in [0.2, 0.25) is 0 Å². The zero-order valence-corrected chi connectivity index (χ0v) is 16.0. The van der Waals surface area contributed by atoms with Gasteiger partial charge in [0.05, 0.1) is 24.4 Å². The molecule has 0 bridgehead atoms. The van der Waals surface area contributed by atoms with E-state index in [1.165, 1.54) is 18.5 Å². The van der Waals surface area contributed by atoms with Crippen molar-refractivity contribution in [2.24, 2.45) is 0 Å². The highest BCUT2D eigenvalue weighted by molar-refractivity contribution is 5.89. The van der Waals surface area contributed by atoms with Crippen LogP contribution in [0.15, 0.2) is 47.2 Å².